The summed E-state index contributed by atoms with van der Waals surface area (Å²) in [4.78, 5) is 0. The van der Waals surface area contributed by atoms with E-state index in [2.05, 4.69) is 0 Å². The van der Waals surface area contributed by atoms with Gasteiger partial charge in [0.25, 0.3) is 0 Å². The first-order valence-electron chi connectivity index (χ1n) is 4.17. The lowest BCUT2D eigenvalue weighted by atomic mass is 9.76. The van der Waals surface area contributed by atoms with Crippen LogP contribution in [-0.2, 0) is 0 Å². The summed E-state index contributed by atoms with van der Waals surface area (Å²) in [5.74, 6) is 2.15. The molecule has 2 bridgehead atoms. The van der Waals surface area contributed by atoms with Crippen LogP contribution in [0.1, 0.15) is 32.1 Å². The Hall–Kier alpha value is -0.260. The summed E-state index contributed by atoms with van der Waals surface area (Å²) in [5, 5.41) is 0. The molecule has 1 saturated carbocycles. The summed E-state index contributed by atoms with van der Waals surface area (Å²) in [5.41, 5.74) is 3.77. The minimum atomic E-state index is 1.07. The molecule has 0 spiro atoms. The van der Waals surface area contributed by atoms with Gasteiger partial charge in [-0.1, -0.05) is 11.1 Å². The first-order valence-corrected chi connectivity index (χ1v) is 4.17. The van der Waals surface area contributed by atoms with Crippen molar-refractivity contribution in [2.24, 2.45) is 11.8 Å². The van der Waals surface area contributed by atoms with Crippen molar-refractivity contribution in [3.8, 4) is 0 Å². The van der Waals surface area contributed by atoms with Gasteiger partial charge in [0, 0.05) is 0 Å². The van der Waals surface area contributed by atoms with E-state index in [4.69, 9.17) is 0 Å². The highest BCUT2D eigenvalue weighted by molar-refractivity contribution is 5.42. The number of rotatable bonds is 0. The third-order valence-electron chi connectivity index (χ3n) is 3.38. The molecular weight excluding hydrogens is 108 g/mol. The van der Waals surface area contributed by atoms with Gasteiger partial charge in [0.15, 0.2) is 0 Å². The fraction of sp³-hybridized carbons (Fsp3) is 0.778. The van der Waals surface area contributed by atoms with Gasteiger partial charge in [0.2, 0.25) is 0 Å². The van der Waals surface area contributed by atoms with E-state index in [0.717, 1.165) is 11.8 Å². The highest BCUT2D eigenvalue weighted by Gasteiger charge is 2.42. The Kier molecular flexibility index (Phi) is 0.633. The molecule has 4 aliphatic rings. The van der Waals surface area contributed by atoms with Crippen LogP contribution in [-0.4, -0.2) is 0 Å². The molecule has 0 nitrogen and oxygen atoms in total. The van der Waals surface area contributed by atoms with E-state index in [9.17, 15) is 0 Å². The van der Waals surface area contributed by atoms with Gasteiger partial charge >= 0.3 is 0 Å². The Morgan fingerprint density at radius 1 is 0.778 bits per heavy atom. The molecule has 0 heteroatoms. The van der Waals surface area contributed by atoms with Crippen molar-refractivity contribution >= 4 is 0 Å². The molecule has 0 aromatic heterocycles. The maximum absolute atomic E-state index is 1.89. The predicted molar refractivity (Wildman–Crippen MR) is 37.1 cm³/mol. The van der Waals surface area contributed by atoms with Crippen LogP contribution in [0, 0.1) is 11.8 Å². The van der Waals surface area contributed by atoms with Gasteiger partial charge in [0.1, 0.15) is 0 Å². The predicted octanol–water partition coefficient (Wildman–Crippen LogP) is 2.51. The normalized spacial score (nSPS) is 45.3. The summed E-state index contributed by atoms with van der Waals surface area (Å²) in [7, 11) is 0. The number of hydrogen-bond donors (Lipinski definition) is 0. The van der Waals surface area contributed by atoms with Crippen LogP contribution in [0.25, 0.3) is 0 Å². The molecule has 0 radical (unpaired) electrons. The molecule has 0 aliphatic heterocycles. The van der Waals surface area contributed by atoms with Crippen molar-refractivity contribution < 1.29 is 0 Å². The van der Waals surface area contributed by atoms with E-state index in [1.54, 1.807) is 0 Å². The zero-order chi connectivity index (χ0) is 5.84. The van der Waals surface area contributed by atoms with Crippen LogP contribution in [0.4, 0.5) is 0 Å². The molecule has 0 N–H and O–H groups in total. The van der Waals surface area contributed by atoms with Crippen molar-refractivity contribution in [3.63, 3.8) is 0 Å². The van der Waals surface area contributed by atoms with Gasteiger partial charge in [-0.15, -0.1) is 0 Å². The van der Waals surface area contributed by atoms with Crippen molar-refractivity contribution in [1.29, 1.82) is 0 Å². The Morgan fingerprint density at radius 3 is 1.56 bits per heavy atom. The number of hydrogen-bond acceptors (Lipinski definition) is 0. The zero-order valence-electron chi connectivity index (χ0n) is 5.69. The number of fused-ring (bicyclic) bond motifs is 2. The van der Waals surface area contributed by atoms with E-state index in [1.165, 1.54) is 32.1 Å². The lowest BCUT2D eigenvalue weighted by Gasteiger charge is -2.29. The second kappa shape index (κ2) is 1.25. The highest BCUT2D eigenvalue weighted by Crippen LogP contribution is 2.57. The first kappa shape index (κ1) is 4.54. The Bertz CT molecular complexity index is 160. The topological polar surface area (TPSA) is 0 Å². The lowest BCUT2D eigenvalue weighted by Crippen LogP contribution is -2.16. The molecule has 0 heterocycles. The van der Waals surface area contributed by atoms with Crippen LogP contribution in [0.5, 0.6) is 0 Å². The minimum Gasteiger partial charge on any atom is -0.0632 e. The molecule has 9 heavy (non-hydrogen) atoms. The average molecular weight is 120 g/mol. The van der Waals surface area contributed by atoms with E-state index in [0.29, 0.717) is 0 Å². The molecule has 4 rings (SSSR count). The molecule has 1 fully saturated rings. The monoisotopic (exact) mass is 120 g/mol. The molecule has 0 aromatic rings. The minimum absolute atomic E-state index is 1.07. The van der Waals surface area contributed by atoms with Crippen molar-refractivity contribution in [1.82, 2.24) is 0 Å². The molecule has 0 aromatic carbocycles. The van der Waals surface area contributed by atoms with Crippen LogP contribution >= 0.6 is 0 Å². The van der Waals surface area contributed by atoms with E-state index in [1.807, 2.05) is 11.1 Å². The maximum Gasteiger partial charge on any atom is -0.00971 e. The van der Waals surface area contributed by atoms with Gasteiger partial charge < -0.3 is 0 Å². The third kappa shape index (κ3) is 0.452. The smallest absolute Gasteiger partial charge is 0.00971 e. The molecule has 0 saturated heterocycles. The van der Waals surface area contributed by atoms with E-state index >= 15 is 0 Å². The first-order chi connectivity index (χ1) is 4.45. The summed E-state index contributed by atoms with van der Waals surface area (Å²) < 4.78 is 0. The Labute approximate surface area is 56.0 Å². The average Bonchev–Trinajstić information content (AvgIpc) is 2.68. The largest absolute Gasteiger partial charge is 0.0632 e. The standard InChI is InChI=1S/C9H12/c1-2-7-4-3-6(1)8-5-9(7)8/h6-7H,1-5H2. The van der Waals surface area contributed by atoms with E-state index in [-0.39, 0.29) is 0 Å². The third-order valence-corrected chi connectivity index (χ3v) is 3.38. The van der Waals surface area contributed by atoms with Gasteiger partial charge in [-0.3, -0.25) is 0 Å². The van der Waals surface area contributed by atoms with Crippen molar-refractivity contribution in [3.05, 3.63) is 11.1 Å². The molecule has 48 valence electrons. The fourth-order valence-corrected chi connectivity index (χ4v) is 2.76. The second-order valence-corrected chi connectivity index (χ2v) is 3.78. The summed E-state index contributed by atoms with van der Waals surface area (Å²) >= 11 is 0. The van der Waals surface area contributed by atoms with Crippen LogP contribution < -0.4 is 0 Å². The summed E-state index contributed by atoms with van der Waals surface area (Å²) in [6.45, 7) is 0. The molecule has 0 unspecified atom stereocenters. The fourth-order valence-electron chi connectivity index (χ4n) is 2.76. The van der Waals surface area contributed by atoms with Gasteiger partial charge in [-0.25, -0.2) is 0 Å². The van der Waals surface area contributed by atoms with Crippen molar-refractivity contribution in [2.75, 3.05) is 0 Å². The van der Waals surface area contributed by atoms with Crippen LogP contribution in [0.2, 0.25) is 0 Å². The second-order valence-electron chi connectivity index (χ2n) is 3.78. The van der Waals surface area contributed by atoms with Crippen LogP contribution in [0.15, 0.2) is 11.1 Å². The van der Waals surface area contributed by atoms with Crippen LogP contribution in [0.3, 0.4) is 0 Å². The van der Waals surface area contributed by atoms with Gasteiger partial charge in [-0.05, 0) is 43.9 Å². The highest BCUT2D eigenvalue weighted by atomic mass is 14.5. The molecule has 0 amide bonds. The Balaban J connectivity index is 2.08. The molecule has 0 atom stereocenters. The maximum atomic E-state index is 1.89. The molecular formula is C9H12. The lowest BCUT2D eigenvalue weighted by molar-refractivity contribution is 0.329. The Morgan fingerprint density at radius 2 is 1.22 bits per heavy atom. The molecule has 4 aliphatic carbocycles. The quantitative estimate of drug-likeness (QED) is 0.431. The zero-order valence-corrected chi connectivity index (χ0v) is 5.69. The van der Waals surface area contributed by atoms with Crippen molar-refractivity contribution in [2.45, 2.75) is 32.1 Å². The SMILES string of the molecule is C1C2=C1C1CCC2CC1. The number of allylic oxidation sites excluding steroid dienone is 2. The van der Waals surface area contributed by atoms with Gasteiger partial charge in [-0.2, -0.15) is 0 Å². The van der Waals surface area contributed by atoms with E-state index < -0.39 is 0 Å². The summed E-state index contributed by atoms with van der Waals surface area (Å²) in [6, 6.07) is 0. The summed E-state index contributed by atoms with van der Waals surface area (Å²) in [6.07, 6.45) is 7.58. The van der Waals surface area contributed by atoms with Gasteiger partial charge in [0.05, 0.1) is 0 Å².